The lowest BCUT2D eigenvalue weighted by Gasteiger charge is -2.17. The molecule has 0 aliphatic heterocycles. The molecule has 4 aromatic rings. The number of fused-ring (bicyclic) bond motifs is 1. The number of sulfonamides is 1. The molecule has 1 unspecified atom stereocenters. The maximum atomic E-state index is 13.0. The van der Waals surface area contributed by atoms with Gasteiger partial charge in [0.2, 0.25) is 10.0 Å². The normalized spacial score (nSPS) is 12.9. The van der Waals surface area contributed by atoms with Gasteiger partial charge in [-0.1, -0.05) is 65.9 Å². The highest BCUT2D eigenvalue weighted by Gasteiger charge is 2.21. The molecule has 3 aromatic carbocycles. The van der Waals surface area contributed by atoms with E-state index in [2.05, 4.69) is 4.72 Å². The lowest BCUT2D eigenvalue weighted by atomic mass is 10.0. The van der Waals surface area contributed by atoms with Gasteiger partial charge in [-0.05, 0) is 48.7 Å². The average Bonchev–Trinajstić information content (AvgIpc) is 3.03. The molecule has 7 heteroatoms. The molecule has 0 aliphatic rings. The molecule has 1 atom stereocenters. The van der Waals surface area contributed by atoms with Crippen LogP contribution in [-0.2, 0) is 16.6 Å². The maximum Gasteiger partial charge on any atom is 0.308 e. The van der Waals surface area contributed by atoms with Crippen molar-refractivity contribution in [3.8, 4) is 0 Å². The predicted molar refractivity (Wildman–Crippen MR) is 122 cm³/mol. The smallest absolute Gasteiger partial charge is 0.294 e. The van der Waals surface area contributed by atoms with E-state index in [1.807, 2.05) is 68.4 Å². The molecule has 30 heavy (non-hydrogen) atoms. The quantitative estimate of drug-likeness (QED) is 0.483. The van der Waals surface area contributed by atoms with Crippen LogP contribution in [0.15, 0.2) is 82.5 Å². The van der Waals surface area contributed by atoms with Crippen LogP contribution in [0.2, 0.25) is 0 Å². The Morgan fingerprint density at radius 3 is 2.43 bits per heavy atom. The molecule has 0 spiro atoms. The summed E-state index contributed by atoms with van der Waals surface area (Å²) >= 11 is 1.06. The van der Waals surface area contributed by atoms with Gasteiger partial charge in [-0.3, -0.25) is 9.36 Å². The summed E-state index contributed by atoms with van der Waals surface area (Å²) in [5, 5.41) is 0. The van der Waals surface area contributed by atoms with Gasteiger partial charge in [0.05, 0.1) is 21.7 Å². The molecule has 1 N–H and O–H groups in total. The van der Waals surface area contributed by atoms with Crippen molar-refractivity contribution in [2.24, 2.45) is 0 Å². The highest BCUT2D eigenvalue weighted by Crippen LogP contribution is 2.25. The van der Waals surface area contributed by atoms with E-state index in [9.17, 15) is 13.2 Å². The van der Waals surface area contributed by atoms with Gasteiger partial charge in [-0.2, -0.15) is 0 Å². The first-order valence-corrected chi connectivity index (χ1v) is 11.9. The van der Waals surface area contributed by atoms with Crippen LogP contribution in [0.3, 0.4) is 0 Å². The van der Waals surface area contributed by atoms with E-state index in [4.69, 9.17) is 0 Å². The Morgan fingerprint density at radius 1 is 1.00 bits per heavy atom. The van der Waals surface area contributed by atoms with Gasteiger partial charge in [-0.25, -0.2) is 13.1 Å². The van der Waals surface area contributed by atoms with Crippen LogP contribution in [0.25, 0.3) is 10.2 Å². The second kappa shape index (κ2) is 8.18. The van der Waals surface area contributed by atoms with Crippen LogP contribution in [0.4, 0.5) is 0 Å². The Balaban J connectivity index is 1.65. The number of nitrogens with one attached hydrogen (secondary N) is 1. The molecular weight excluding hydrogens is 416 g/mol. The second-order valence-electron chi connectivity index (χ2n) is 7.27. The number of hydrogen-bond acceptors (Lipinski definition) is 4. The van der Waals surface area contributed by atoms with Crippen molar-refractivity contribution in [1.29, 1.82) is 0 Å². The molecule has 0 amide bonds. The number of aromatic nitrogens is 1. The highest BCUT2D eigenvalue weighted by atomic mass is 32.2. The van der Waals surface area contributed by atoms with Crippen molar-refractivity contribution in [1.82, 2.24) is 9.29 Å². The molecule has 0 fully saturated rings. The minimum atomic E-state index is -3.73. The lowest BCUT2D eigenvalue weighted by Crippen LogP contribution is -2.27. The Labute approximate surface area is 179 Å². The molecule has 0 radical (unpaired) electrons. The average molecular weight is 439 g/mol. The lowest BCUT2D eigenvalue weighted by molar-refractivity contribution is 0.566. The SMILES string of the molecule is Cc1ccccc1C(C)NS(=O)(=O)c1ccc2c(c1)sc(=O)n2Cc1ccccc1. The number of nitrogens with zero attached hydrogens (tertiary/aromatic N) is 1. The van der Waals surface area contributed by atoms with Crippen molar-refractivity contribution in [2.75, 3.05) is 0 Å². The number of aryl methyl sites for hydroxylation is 1. The summed E-state index contributed by atoms with van der Waals surface area (Å²) in [7, 11) is -3.73. The molecule has 0 saturated carbocycles. The summed E-state index contributed by atoms with van der Waals surface area (Å²) in [6.45, 7) is 4.24. The third-order valence-corrected chi connectivity index (χ3v) is 7.60. The monoisotopic (exact) mass is 438 g/mol. The van der Waals surface area contributed by atoms with Gasteiger partial charge >= 0.3 is 4.87 Å². The minimum Gasteiger partial charge on any atom is -0.294 e. The highest BCUT2D eigenvalue weighted by molar-refractivity contribution is 7.89. The summed E-state index contributed by atoms with van der Waals surface area (Å²) in [4.78, 5) is 12.6. The summed E-state index contributed by atoms with van der Waals surface area (Å²) in [6.07, 6.45) is 0. The fourth-order valence-electron chi connectivity index (χ4n) is 3.57. The summed E-state index contributed by atoms with van der Waals surface area (Å²) < 4.78 is 31.0. The van der Waals surface area contributed by atoms with E-state index >= 15 is 0 Å². The summed E-state index contributed by atoms with van der Waals surface area (Å²) in [5.74, 6) is 0. The fourth-order valence-corrected chi connectivity index (χ4v) is 5.82. The minimum absolute atomic E-state index is 0.107. The maximum absolute atomic E-state index is 13.0. The van der Waals surface area contributed by atoms with Crippen LogP contribution >= 0.6 is 11.3 Å². The summed E-state index contributed by atoms with van der Waals surface area (Å²) in [6, 6.07) is 21.9. The molecule has 1 heterocycles. The standard InChI is InChI=1S/C23H22N2O3S2/c1-16-8-6-7-11-20(16)17(2)24-30(27,28)19-12-13-21-22(14-19)29-23(26)25(21)15-18-9-4-3-5-10-18/h3-14,17,24H,15H2,1-2H3. The van der Waals surface area contributed by atoms with E-state index in [0.29, 0.717) is 11.2 Å². The number of benzene rings is 3. The van der Waals surface area contributed by atoms with Crippen molar-refractivity contribution >= 4 is 31.6 Å². The number of hydrogen-bond donors (Lipinski definition) is 1. The van der Waals surface area contributed by atoms with Gasteiger partial charge in [0.1, 0.15) is 0 Å². The zero-order valence-electron chi connectivity index (χ0n) is 16.7. The zero-order chi connectivity index (χ0) is 21.3. The van der Waals surface area contributed by atoms with Crippen LogP contribution in [0, 0.1) is 6.92 Å². The molecule has 5 nitrogen and oxygen atoms in total. The van der Waals surface area contributed by atoms with Crippen molar-refractivity contribution in [3.63, 3.8) is 0 Å². The Morgan fingerprint density at radius 2 is 1.70 bits per heavy atom. The molecule has 1 aromatic heterocycles. The predicted octanol–water partition coefficient (Wildman–Crippen LogP) is 4.46. The Bertz CT molecular complexity index is 1360. The fraction of sp³-hybridized carbons (Fsp3) is 0.174. The van der Waals surface area contributed by atoms with Gasteiger partial charge in [0, 0.05) is 6.04 Å². The molecule has 0 saturated heterocycles. The number of rotatable bonds is 6. The van der Waals surface area contributed by atoms with E-state index in [0.717, 1.165) is 33.5 Å². The first-order chi connectivity index (χ1) is 14.3. The van der Waals surface area contributed by atoms with E-state index in [1.165, 1.54) is 0 Å². The zero-order valence-corrected chi connectivity index (χ0v) is 18.3. The van der Waals surface area contributed by atoms with Crippen molar-refractivity contribution in [2.45, 2.75) is 31.3 Å². The molecular formula is C23H22N2O3S2. The van der Waals surface area contributed by atoms with Crippen molar-refractivity contribution < 1.29 is 8.42 Å². The Hall–Kier alpha value is -2.74. The van der Waals surface area contributed by atoms with E-state index in [-0.39, 0.29) is 15.8 Å². The molecule has 0 aliphatic carbocycles. The first-order valence-electron chi connectivity index (χ1n) is 9.60. The van der Waals surface area contributed by atoms with Gasteiger partial charge in [0.15, 0.2) is 0 Å². The first kappa shape index (κ1) is 20.5. The van der Waals surface area contributed by atoms with Crippen LogP contribution in [0.1, 0.15) is 29.7 Å². The third-order valence-electron chi connectivity index (χ3n) is 5.12. The largest absolute Gasteiger partial charge is 0.308 e. The van der Waals surface area contributed by atoms with Crippen LogP contribution < -0.4 is 9.60 Å². The van der Waals surface area contributed by atoms with E-state index in [1.54, 1.807) is 22.8 Å². The van der Waals surface area contributed by atoms with Gasteiger partial charge in [0.25, 0.3) is 0 Å². The third kappa shape index (κ3) is 4.09. The molecule has 154 valence electrons. The van der Waals surface area contributed by atoms with Gasteiger partial charge < -0.3 is 0 Å². The van der Waals surface area contributed by atoms with Crippen LogP contribution in [-0.4, -0.2) is 13.0 Å². The topological polar surface area (TPSA) is 68.2 Å². The van der Waals surface area contributed by atoms with Crippen molar-refractivity contribution in [3.05, 3.63) is 99.2 Å². The van der Waals surface area contributed by atoms with Crippen LogP contribution in [0.5, 0.6) is 0 Å². The molecule has 0 bridgehead atoms. The Kier molecular flexibility index (Phi) is 5.60. The molecule has 4 rings (SSSR count). The van der Waals surface area contributed by atoms with Gasteiger partial charge in [-0.15, -0.1) is 0 Å². The van der Waals surface area contributed by atoms with E-state index < -0.39 is 10.0 Å². The number of thiazole rings is 1. The second-order valence-corrected chi connectivity index (χ2v) is 9.98. The summed E-state index contributed by atoms with van der Waals surface area (Å²) in [5.41, 5.74) is 3.71.